The highest BCUT2D eigenvalue weighted by Crippen LogP contribution is 2.12. The predicted octanol–water partition coefficient (Wildman–Crippen LogP) is 1.80. The fourth-order valence-corrected chi connectivity index (χ4v) is 1.96. The molecular weight excluding hydrogens is 324 g/mol. The van der Waals surface area contributed by atoms with Crippen LogP contribution < -0.4 is 10.6 Å². The van der Waals surface area contributed by atoms with Gasteiger partial charge in [0, 0.05) is 17.9 Å². The van der Waals surface area contributed by atoms with Crippen LogP contribution in [0.2, 0.25) is 0 Å². The number of hydrogen-bond donors (Lipinski definition) is 2. The zero-order valence-corrected chi connectivity index (χ0v) is 14.5. The van der Waals surface area contributed by atoms with Gasteiger partial charge in [0.25, 0.3) is 5.91 Å². The van der Waals surface area contributed by atoms with Crippen molar-refractivity contribution in [1.29, 1.82) is 0 Å². The number of imide groups is 1. The van der Waals surface area contributed by atoms with E-state index in [1.54, 1.807) is 33.0 Å². The lowest BCUT2D eigenvalue weighted by Crippen LogP contribution is -2.50. The molecule has 1 atom stereocenters. The van der Waals surface area contributed by atoms with Gasteiger partial charge in [0.1, 0.15) is 0 Å². The van der Waals surface area contributed by atoms with E-state index in [1.807, 2.05) is 0 Å². The molecule has 0 aliphatic rings. The number of benzene rings is 1. The van der Waals surface area contributed by atoms with E-state index in [0.717, 1.165) is 0 Å². The molecule has 1 aromatic carbocycles. The summed E-state index contributed by atoms with van der Waals surface area (Å²) in [5.41, 5.74) is 0.935. The molecule has 0 saturated heterocycles. The third-order valence-corrected chi connectivity index (χ3v) is 3.08. The van der Waals surface area contributed by atoms with E-state index in [0.29, 0.717) is 11.0 Å². The average molecular weight is 344 g/mol. The smallest absolute Gasteiger partial charge is 0.338 e. The average Bonchev–Trinajstić information content (AvgIpc) is 2.52. The lowest BCUT2D eigenvalue weighted by Gasteiger charge is -2.21. The standard InChI is InChI=1S/C17H20N4O4/c1-10(14(22)20-16(24)21-17(2,3)4)25-15(23)11-5-6-12-13(9-11)19-8-7-18-12/h5-10H,1-4H3,(H2,20,21,22,24)/t10-/m1/s1. The second kappa shape index (κ2) is 7.25. The number of nitrogens with zero attached hydrogens (tertiary/aromatic N) is 2. The van der Waals surface area contributed by atoms with Gasteiger partial charge in [-0.15, -0.1) is 0 Å². The second-order valence-electron chi connectivity index (χ2n) is 6.50. The third-order valence-electron chi connectivity index (χ3n) is 3.08. The summed E-state index contributed by atoms with van der Waals surface area (Å²) in [5.74, 6) is -1.40. The molecule has 0 unspecified atom stereocenters. The highest BCUT2D eigenvalue weighted by Gasteiger charge is 2.22. The van der Waals surface area contributed by atoms with E-state index in [-0.39, 0.29) is 5.56 Å². The molecule has 0 aliphatic carbocycles. The number of rotatable bonds is 3. The number of ether oxygens (including phenoxy) is 1. The van der Waals surface area contributed by atoms with Crippen molar-refractivity contribution in [1.82, 2.24) is 20.6 Å². The minimum absolute atomic E-state index is 0.242. The number of hydrogen-bond acceptors (Lipinski definition) is 6. The van der Waals surface area contributed by atoms with Crippen LogP contribution in [-0.2, 0) is 9.53 Å². The Hall–Kier alpha value is -3.03. The summed E-state index contributed by atoms with van der Waals surface area (Å²) in [4.78, 5) is 44.0. The summed E-state index contributed by atoms with van der Waals surface area (Å²) in [5, 5.41) is 4.72. The van der Waals surface area contributed by atoms with E-state index >= 15 is 0 Å². The van der Waals surface area contributed by atoms with Gasteiger partial charge in [0.15, 0.2) is 6.10 Å². The first-order valence-corrected chi connectivity index (χ1v) is 7.70. The van der Waals surface area contributed by atoms with Gasteiger partial charge in [0.2, 0.25) is 0 Å². The topological polar surface area (TPSA) is 110 Å². The molecule has 8 nitrogen and oxygen atoms in total. The first-order valence-electron chi connectivity index (χ1n) is 7.70. The van der Waals surface area contributed by atoms with Crippen LogP contribution in [0.1, 0.15) is 38.1 Å². The number of aromatic nitrogens is 2. The Bertz CT molecular complexity index is 814. The highest BCUT2D eigenvalue weighted by molar-refractivity contribution is 5.99. The first kappa shape index (κ1) is 18.3. The number of urea groups is 1. The summed E-state index contributed by atoms with van der Waals surface area (Å²) < 4.78 is 5.10. The maximum absolute atomic E-state index is 12.2. The lowest BCUT2D eigenvalue weighted by molar-refractivity contribution is -0.127. The molecular formula is C17H20N4O4. The van der Waals surface area contributed by atoms with Gasteiger partial charge in [-0.3, -0.25) is 20.1 Å². The Morgan fingerprint density at radius 2 is 1.72 bits per heavy atom. The molecule has 2 N–H and O–H groups in total. The molecule has 0 bridgehead atoms. The number of esters is 1. The van der Waals surface area contributed by atoms with Crippen LogP contribution >= 0.6 is 0 Å². The van der Waals surface area contributed by atoms with Crippen molar-refractivity contribution in [2.24, 2.45) is 0 Å². The Kier molecular flexibility index (Phi) is 5.31. The van der Waals surface area contributed by atoms with Crippen LogP contribution in [0, 0.1) is 0 Å². The number of amides is 3. The van der Waals surface area contributed by atoms with E-state index < -0.39 is 29.6 Å². The zero-order chi connectivity index (χ0) is 18.6. The SMILES string of the molecule is C[C@@H](OC(=O)c1ccc2nccnc2c1)C(=O)NC(=O)NC(C)(C)C. The molecule has 8 heteroatoms. The van der Waals surface area contributed by atoms with Crippen molar-refractivity contribution in [2.75, 3.05) is 0 Å². The summed E-state index contributed by atoms with van der Waals surface area (Å²) in [6.45, 7) is 6.73. The van der Waals surface area contributed by atoms with Crippen molar-refractivity contribution in [2.45, 2.75) is 39.3 Å². The maximum Gasteiger partial charge on any atom is 0.338 e. The van der Waals surface area contributed by atoms with Gasteiger partial charge < -0.3 is 10.1 Å². The summed E-state index contributed by atoms with van der Waals surface area (Å²) in [6.07, 6.45) is 1.94. The van der Waals surface area contributed by atoms with E-state index in [1.165, 1.54) is 25.3 Å². The Morgan fingerprint density at radius 3 is 2.36 bits per heavy atom. The molecule has 2 rings (SSSR count). The second-order valence-corrected chi connectivity index (χ2v) is 6.50. The summed E-state index contributed by atoms with van der Waals surface area (Å²) in [6, 6.07) is 4.06. The van der Waals surface area contributed by atoms with Crippen LogP contribution in [0.5, 0.6) is 0 Å². The van der Waals surface area contributed by atoms with Crippen LogP contribution in [0.4, 0.5) is 4.79 Å². The van der Waals surface area contributed by atoms with Crippen LogP contribution in [0.15, 0.2) is 30.6 Å². The number of nitrogens with one attached hydrogen (secondary N) is 2. The summed E-state index contributed by atoms with van der Waals surface area (Å²) in [7, 11) is 0. The van der Waals surface area contributed by atoms with E-state index in [9.17, 15) is 14.4 Å². The molecule has 132 valence electrons. The zero-order valence-electron chi connectivity index (χ0n) is 14.5. The Morgan fingerprint density at radius 1 is 1.08 bits per heavy atom. The molecule has 0 spiro atoms. The van der Waals surface area contributed by atoms with E-state index in [4.69, 9.17) is 4.74 Å². The van der Waals surface area contributed by atoms with Crippen molar-refractivity contribution >= 4 is 28.9 Å². The molecule has 25 heavy (non-hydrogen) atoms. The van der Waals surface area contributed by atoms with Crippen molar-refractivity contribution in [3.05, 3.63) is 36.2 Å². The fourth-order valence-electron chi connectivity index (χ4n) is 1.96. The van der Waals surface area contributed by atoms with Crippen molar-refractivity contribution < 1.29 is 19.1 Å². The van der Waals surface area contributed by atoms with Crippen LogP contribution in [-0.4, -0.2) is 39.5 Å². The molecule has 2 aromatic rings. The fraction of sp³-hybridized carbons (Fsp3) is 0.353. The molecule has 0 aliphatic heterocycles. The third kappa shape index (κ3) is 5.23. The normalized spacial score (nSPS) is 12.3. The van der Waals surface area contributed by atoms with Gasteiger partial charge in [-0.2, -0.15) is 0 Å². The van der Waals surface area contributed by atoms with Crippen LogP contribution in [0.3, 0.4) is 0 Å². The van der Waals surface area contributed by atoms with Crippen LogP contribution in [0.25, 0.3) is 11.0 Å². The number of carbonyl (C=O) groups excluding carboxylic acids is 3. The first-order chi connectivity index (χ1) is 11.7. The predicted molar refractivity (Wildman–Crippen MR) is 90.8 cm³/mol. The Labute approximate surface area is 145 Å². The lowest BCUT2D eigenvalue weighted by atomic mass is 10.1. The molecule has 1 heterocycles. The monoisotopic (exact) mass is 344 g/mol. The minimum atomic E-state index is -1.13. The van der Waals surface area contributed by atoms with Gasteiger partial charge in [0.05, 0.1) is 16.6 Å². The van der Waals surface area contributed by atoms with Crippen molar-refractivity contribution in [3.63, 3.8) is 0 Å². The van der Waals surface area contributed by atoms with Gasteiger partial charge in [-0.1, -0.05) is 0 Å². The van der Waals surface area contributed by atoms with Gasteiger partial charge in [-0.05, 0) is 45.9 Å². The number of fused-ring (bicyclic) bond motifs is 1. The maximum atomic E-state index is 12.2. The number of carbonyl (C=O) groups is 3. The molecule has 1 aromatic heterocycles. The molecule has 0 fully saturated rings. The van der Waals surface area contributed by atoms with E-state index in [2.05, 4.69) is 20.6 Å². The summed E-state index contributed by atoms with van der Waals surface area (Å²) >= 11 is 0. The van der Waals surface area contributed by atoms with Gasteiger partial charge in [-0.25, -0.2) is 9.59 Å². The molecule has 3 amide bonds. The minimum Gasteiger partial charge on any atom is -0.449 e. The largest absolute Gasteiger partial charge is 0.449 e. The highest BCUT2D eigenvalue weighted by atomic mass is 16.5. The van der Waals surface area contributed by atoms with Crippen molar-refractivity contribution in [3.8, 4) is 0 Å². The molecule has 0 radical (unpaired) electrons. The molecule has 0 saturated carbocycles. The quantitative estimate of drug-likeness (QED) is 0.822. The Balaban J connectivity index is 1.98. The van der Waals surface area contributed by atoms with Gasteiger partial charge >= 0.3 is 12.0 Å².